The summed E-state index contributed by atoms with van der Waals surface area (Å²) in [5.41, 5.74) is 2.06. The predicted molar refractivity (Wildman–Crippen MR) is 120 cm³/mol. The van der Waals surface area contributed by atoms with Crippen LogP contribution in [0.3, 0.4) is 0 Å². The van der Waals surface area contributed by atoms with Gasteiger partial charge in [-0.25, -0.2) is 4.90 Å². The quantitative estimate of drug-likeness (QED) is 0.405. The fourth-order valence-electron chi connectivity index (χ4n) is 5.22. The van der Waals surface area contributed by atoms with Gasteiger partial charge in [0.2, 0.25) is 11.8 Å². The standard InChI is InChI=1S/C25H22N2O6/c1-13(28)23-22-21(20-10-4-15-12-18(32-3)9-11-19(15)27(20)23)24(30)26(25(22)31)16-5-7-17(8-6-16)33-14(2)29/h4-12,20-23H,1-3H3/t20-,21+,22+,23+/m1/s1. The number of imide groups is 1. The largest absolute Gasteiger partial charge is 0.497 e. The Bertz CT molecular complexity index is 1220. The summed E-state index contributed by atoms with van der Waals surface area (Å²) in [4.78, 5) is 54.1. The highest BCUT2D eigenvalue weighted by atomic mass is 16.5. The number of esters is 1. The zero-order valence-corrected chi connectivity index (χ0v) is 18.3. The molecule has 2 aromatic carbocycles. The number of hydrogen-bond acceptors (Lipinski definition) is 7. The molecule has 4 atom stereocenters. The topological polar surface area (TPSA) is 93.2 Å². The molecule has 2 saturated heterocycles. The van der Waals surface area contributed by atoms with Crippen LogP contribution in [0.5, 0.6) is 11.5 Å². The number of carbonyl (C=O) groups is 4. The molecule has 3 aliphatic rings. The molecule has 3 aliphatic heterocycles. The molecule has 5 rings (SSSR count). The van der Waals surface area contributed by atoms with Crippen LogP contribution >= 0.6 is 0 Å². The summed E-state index contributed by atoms with van der Waals surface area (Å²) < 4.78 is 10.3. The van der Waals surface area contributed by atoms with Crippen molar-refractivity contribution < 1.29 is 28.7 Å². The number of anilines is 2. The van der Waals surface area contributed by atoms with E-state index in [1.165, 1.54) is 26.0 Å². The molecular weight excluding hydrogens is 424 g/mol. The minimum absolute atomic E-state index is 0.169. The molecule has 0 aliphatic carbocycles. The lowest BCUT2D eigenvalue weighted by Gasteiger charge is -2.36. The Morgan fingerprint density at radius 1 is 0.909 bits per heavy atom. The number of fused-ring (bicyclic) bond motifs is 5. The van der Waals surface area contributed by atoms with Gasteiger partial charge in [-0.3, -0.25) is 19.2 Å². The summed E-state index contributed by atoms with van der Waals surface area (Å²) >= 11 is 0. The molecule has 0 spiro atoms. The number of benzene rings is 2. The Balaban J connectivity index is 1.53. The third-order valence-corrected chi connectivity index (χ3v) is 6.49. The summed E-state index contributed by atoms with van der Waals surface area (Å²) in [5, 5.41) is 0. The van der Waals surface area contributed by atoms with Gasteiger partial charge in [0, 0.05) is 18.2 Å². The third-order valence-electron chi connectivity index (χ3n) is 6.49. The minimum Gasteiger partial charge on any atom is -0.497 e. The van der Waals surface area contributed by atoms with E-state index in [1.54, 1.807) is 25.3 Å². The fourth-order valence-corrected chi connectivity index (χ4v) is 5.22. The second-order valence-electron chi connectivity index (χ2n) is 8.39. The summed E-state index contributed by atoms with van der Waals surface area (Å²) in [6, 6.07) is 10.6. The van der Waals surface area contributed by atoms with E-state index in [0.717, 1.165) is 16.2 Å². The Morgan fingerprint density at radius 3 is 2.21 bits per heavy atom. The maximum absolute atomic E-state index is 13.5. The molecule has 0 aromatic heterocycles. The zero-order valence-electron chi connectivity index (χ0n) is 18.3. The molecule has 2 aromatic rings. The molecule has 0 saturated carbocycles. The Kier molecular flexibility index (Phi) is 4.81. The number of methoxy groups -OCH3 is 1. The van der Waals surface area contributed by atoms with Crippen LogP contribution in [-0.2, 0) is 19.2 Å². The minimum atomic E-state index is -0.786. The first-order valence-electron chi connectivity index (χ1n) is 10.6. The second kappa shape index (κ2) is 7.58. The highest BCUT2D eigenvalue weighted by Gasteiger charge is 2.63. The van der Waals surface area contributed by atoms with E-state index < -0.39 is 35.8 Å². The molecular formula is C25H22N2O6. The molecule has 0 unspecified atom stereocenters. The van der Waals surface area contributed by atoms with Crippen LogP contribution in [0.25, 0.3) is 6.08 Å². The van der Waals surface area contributed by atoms with Crippen molar-refractivity contribution in [3.05, 3.63) is 54.1 Å². The lowest BCUT2D eigenvalue weighted by molar-refractivity contribution is -0.132. The lowest BCUT2D eigenvalue weighted by Crippen LogP contribution is -2.48. The zero-order chi connectivity index (χ0) is 23.4. The summed E-state index contributed by atoms with van der Waals surface area (Å²) in [5.74, 6) is -1.83. The van der Waals surface area contributed by atoms with Gasteiger partial charge in [0.1, 0.15) is 17.5 Å². The van der Waals surface area contributed by atoms with E-state index in [9.17, 15) is 19.2 Å². The molecule has 0 N–H and O–H groups in total. The van der Waals surface area contributed by atoms with Gasteiger partial charge in [0.25, 0.3) is 0 Å². The van der Waals surface area contributed by atoms with E-state index >= 15 is 0 Å². The SMILES string of the molecule is COc1ccc2c(c1)C=C[C@@H]1[C@@H]3C(=O)N(c4ccc(OC(C)=O)cc4)C(=O)[C@@H]3[C@H](C(C)=O)N21. The van der Waals surface area contributed by atoms with Crippen molar-refractivity contribution in [3.8, 4) is 11.5 Å². The lowest BCUT2D eigenvalue weighted by atomic mass is 9.88. The second-order valence-corrected chi connectivity index (χ2v) is 8.39. The Labute approximate surface area is 190 Å². The smallest absolute Gasteiger partial charge is 0.308 e. The monoisotopic (exact) mass is 446 g/mol. The maximum atomic E-state index is 13.5. The normalized spacial score (nSPS) is 24.9. The van der Waals surface area contributed by atoms with Gasteiger partial charge in [-0.05, 0) is 49.4 Å². The Hall–Kier alpha value is -3.94. The van der Waals surface area contributed by atoms with Gasteiger partial charge in [-0.1, -0.05) is 12.2 Å². The highest BCUT2D eigenvalue weighted by molar-refractivity contribution is 6.24. The van der Waals surface area contributed by atoms with Crippen molar-refractivity contribution in [2.45, 2.75) is 25.9 Å². The van der Waals surface area contributed by atoms with Crippen LogP contribution in [0.2, 0.25) is 0 Å². The molecule has 0 radical (unpaired) electrons. The van der Waals surface area contributed by atoms with E-state index in [4.69, 9.17) is 9.47 Å². The number of ketones is 1. The van der Waals surface area contributed by atoms with Crippen LogP contribution in [0.1, 0.15) is 19.4 Å². The molecule has 2 fully saturated rings. The molecule has 3 heterocycles. The van der Waals surface area contributed by atoms with Crippen LogP contribution in [0.4, 0.5) is 11.4 Å². The van der Waals surface area contributed by atoms with Crippen molar-refractivity contribution >= 4 is 41.0 Å². The van der Waals surface area contributed by atoms with Gasteiger partial charge in [-0.2, -0.15) is 0 Å². The summed E-state index contributed by atoms with van der Waals surface area (Å²) in [7, 11) is 1.58. The summed E-state index contributed by atoms with van der Waals surface area (Å²) in [6.45, 7) is 2.75. The van der Waals surface area contributed by atoms with Crippen molar-refractivity contribution in [2.24, 2.45) is 11.8 Å². The fraction of sp³-hybridized carbons (Fsp3) is 0.280. The number of hydrogen-bond donors (Lipinski definition) is 0. The van der Waals surface area contributed by atoms with Gasteiger partial charge < -0.3 is 14.4 Å². The average molecular weight is 446 g/mol. The summed E-state index contributed by atoms with van der Waals surface area (Å²) in [6.07, 6.45) is 3.80. The van der Waals surface area contributed by atoms with Gasteiger partial charge in [0.05, 0.1) is 30.7 Å². The third kappa shape index (κ3) is 3.13. The van der Waals surface area contributed by atoms with Crippen LogP contribution < -0.4 is 19.3 Å². The molecule has 2 amide bonds. The molecule has 8 heteroatoms. The molecule has 8 nitrogen and oxygen atoms in total. The van der Waals surface area contributed by atoms with Crippen molar-refractivity contribution in [2.75, 3.05) is 16.9 Å². The van der Waals surface area contributed by atoms with Crippen molar-refractivity contribution in [1.29, 1.82) is 0 Å². The van der Waals surface area contributed by atoms with Crippen LogP contribution in [-0.4, -0.2) is 42.8 Å². The number of rotatable bonds is 4. The highest BCUT2D eigenvalue weighted by Crippen LogP contribution is 2.49. The maximum Gasteiger partial charge on any atom is 0.308 e. The van der Waals surface area contributed by atoms with Gasteiger partial charge in [-0.15, -0.1) is 0 Å². The Morgan fingerprint density at radius 2 is 1.58 bits per heavy atom. The van der Waals surface area contributed by atoms with Crippen molar-refractivity contribution in [3.63, 3.8) is 0 Å². The first-order chi connectivity index (χ1) is 15.8. The van der Waals surface area contributed by atoms with Gasteiger partial charge >= 0.3 is 5.97 Å². The predicted octanol–water partition coefficient (Wildman–Crippen LogP) is 2.60. The molecule has 168 valence electrons. The van der Waals surface area contributed by atoms with Gasteiger partial charge in [0.15, 0.2) is 5.78 Å². The number of Topliss-reactive ketones (excluding diaryl/α,β-unsaturated/α-hetero) is 1. The first-order valence-corrected chi connectivity index (χ1v) is 10.6. The van der Waals surface area contributed by atoms with E-state index in [2.05, 4.69) is 0 Å². The van der Waals surface area contributed by atoms with Crippen molar-refractivity contribution in [1.82, 2.24) is 0 Å². The van der Waals surface area contributed by atoms with E-state index in [1.807, 2.05) is 29.2 Å². The number of carbonyl (C=O) groups excluding carboxylic acids is 4. The van der Waals surface area contributed by atoms with Crippen LogP contribution in [0, 0.1) is 11.8 Å². The van der Waals surface area contributed by atoms with E-state index in [0.29, 0.717) is 17.2 Å². The average Bonchev–Trinajstić information content (AvgIpc) is 3.26. The first kappa shape index (κ1) is 20.9. The molecule has 0 bridgehead atoms. The number of amides is 2. The van der Waals surface area contributed by atoms with E-state index in [-0.39, 0.29) is 11.7 Å². The number of nitrogens with zero attached hydrogens (tertiary/aromatic N) is 2. The van der Waals surface area contributed by atoms with Crippen LogP contribution in [0.15, 0.2) is 48.5 Å². The molecule has 33 heavy (non-hydrogen) atoms. The number of ether oxygens (including phenoxy) is 2.